The second-order valence-corrected chi connectivity index (χ2v) is 3.49. The summed E-state index contributed by atoms with van der Waals surface area (Å²) in [6, 6.07) is 6.39. The molecule has 1 aromatic rings. The number of nitro benzene ring substituents is 1. The molecule has 0 radical (unpaired) electrons. The van der Waals surface area contributed by atoms with E-state index in [1.807, 2.05) is 0 Å². The Morgan fingerprint density at radius 2 is 2.11 bits per heavy atom. The highest BCUT2D eigenvalue weighted by Gasteiger charge is 2.10. The van der Waals surface area contributed by atoms with Crippen molar-refractivity contribution in [3.05, 3.63) is 46.5 Å². The normalized spacial score (nSPS) is 10.3. The molecular weight excluding hydrogens is 234 g/mol. The van der Waals surface area contributed by atoms with Gasteiger partial charge in [0.1, 0.15) is 5.69 Å². The molecule has 2 N–H and O–H groups in total. The molecule has 1 aromatic carbocycles. The molecule has 0 bridgehead atoms. The Bertz CT molecular complexity index is 458. The van der Waals surface area contributed by atoms with E-state index >= 15 is 0 Å². The van der Waals surface area contributed by atoms with Gasteiger partial charge < -0.3 is 10.6 Å². The summed E-state index contributed by atoms with van der Waals surface area (Å²) in [5.41, 5.74) is 0.472. The quantitative estimate of drug-likeness (QED) is 0.348. The lowest BCUT2D eigenvalue weighted by Gasteiger charge is -2.07. The highest BCUT2D eigenvalue weighted by Crippen LogP contribution is 2.22. The molecule has 0 aliphatic rings. The Hall–Kier alpha value is -2.37. The van der Waals surface area contributed by atoms with Crippen molar-refractivity contribution in [1.82, 2.24) is 5.32 Å². The number of hydrogen-bond acceptors (Lipinski definition) is 4. The lowest BCUT2D eigenvalue weighted by atomic mass is 10.2. The van der Waals surface area contributed by atoms with Gasteiger partial charge in [0, 0.05) is 19.2 Å². The average Bonchev–Trinajstić information content (AvgIpc) is 2.35. The van der Waals surface area contributed by atoms with Gasteiger partial charge in [-0.1, -0.05) is 18.2 Å². The van der Waals surface area contributed by atoms with Gasteiger partial charge in [0.05, 0.1) is 4.92 Å². The van der Waals surface area contributed by atoms with Crippen molar-refractivity contribution in [3.63, 3.8) is 0 Å². The first-order valence-corrected chi connectivity index (χ1v) is 5.53. The van der Waals surface area contributed by atoms with E-state index < -0.39 is 4.92 Å². The first-order chi connectivity index (χ1) is 8.65. The van der Waals surface area contributed by atoms with E-state index in [0.29, 0.717) is 18.8 Å². The fraction of sp³-hybridized carbons (Fsp3) is 0.250. The second kappa shape index (κ2) is 7.05. The van der Waals surface area contributed by atoms with Gasteiger partial charge in [-0.15, -0.1) is 0 Å². The van der Waals surface area contributed by atoms with Crippen LogP contribution in [0.3, 0.4) is 0 Å². The van der Waals surface area contributed by atoms with E-state index in [9.17, 15) is 14.9 Å². The molecule has 1 rings (SSSR count). The predicted molar refractivity (Wildman–Crippen MR) is 69.4 cm³/mol. The van der Waals surface area contributed by atoms with Crippen LogP contribution in [0.15, 0.2) is 36.4 Å². The number of nitrogens with one attached hydrogen (secondary N) is 2. The molecule has 0 fully saturated rings. The van der Waals surface area contributed by atoms with Crippen LogP contribution in [-0.2, 0) is 4.79 Å². The van der Waals surface area contributed by atoms with Gasteiger partial charge in [0.2, 0.25) is 5.91 Å². The Labute approximate surface area is 105 Å². The van der Waals surface area contributed by atoms with Crippen LogP contribution < -0.4 is 10.6 Å². The summed E-state index contributed by atoms with van der Waals surface area (Å²) in [5, 5.41) is 16.3. The summed E-state index contributed by atoms with van der Waals surface area (Å²) in [5.74, 6) is -0.179. The number of allylic oxidation sites excluding steroid dienone is 1. The number of anilines is 1. The van der Waals surface area contributed by atoms with Crippen LogP contribution in [0.25, 0.3) is 0 Å². The smallest absolute Gasteiger partial charge is 0.292 e. The molecule has 0 spiro atoms. The maximum absolute atomic E-state index is 11.1. The van der Waals surface area contributed by atoms with Gasteiger partial charge in [-0.25, -0.2) is 0 Å². The molecule has 0 atom stereocenters. The second-order valence-electron chi connectivity index (χ2n) is 3.49. The maximum atomic E-state index is 11.1. The van der Waals surface area contributed by atoms with Gasteiger partial charge >= 0.3 is 0 Å². The summed E-state index contributed by atoms with van der Waals surface area (Å²) in [7, 11) is 0. The number of hydrogen-bond donors (Lipinski definition) is 2. The van der Waals surface area contributed by atoms with Crippen LogP contribution in [0.4, 0.5) is 11.4 Å². The molecule has 0 saturated heterocycles. The average molecular weight is 249 g/mol. The first kappa shape index (κ1) is 13.7. The third-order valence-electron chi connectivity index (χ3n) is 2.16. The summed E-state index contributed by atoms with van der Waals surface area (Å²) in [6.07, 6.45) is 3.07. The molecule has 1 amide bonds. The van der Waals surface area contributed by atoms with Crippen molar-refractivity contribution in [3.8, 4) is 0 Å². The fourth-order valence-corrected chi connectivity index (χ4v) is 1.38. The van der Waals surface area contributed by atoms with Crippen LogP contribution in [0.2, 0.25) is 0 Å². The largest absolute Gasteiger partial charge is 0.378 e. The molecule has 0 aromatic heterocycles. The van der Waals surface area contributed by atoms with E-state index in [1.165, 1.54) is 12.1 Å². The molecule has 0 saturated carbocycles. The molecule has 6 nitrogen and oxygen atoms in total. The molecule has 0 heterocycles. The van der Waals surface area contributed by atoms with Gasteiger partial charge in [-0.2, -0.15) is 0 Å². The minimum absolute atomic E-state index is 0.0253. The number of nitrogens with zero attached hydrogens (tertiary/aromatic N) is 1. The van der Waals surface area contributed by atoms with E-state index in [4.69, 9.17) is 0 Å². The predicted octanol–water partition coefficient (Wildman–Crippen LogP) is 1.70. The highest BCUT2D eigenvalue weighted by molar-refractivity contribution is 5.87. The zero-order valence-electron chi connectivity index (χ0n) is 10.1. The minimum Gasteiger partial charge on any atom is -0.378 e. The SMILES string of the molecule is C/C=C/C(=O)NCCNc1ccccc1[N+](=O)[O-]. The Morgan fingerprint density at radius 3 is 2.78 bits per heavy atom. The number of carbonyl (C=O) groups is 1. The lowest BCUT2D eigenvalue weighted by molar-refractivity contribution is -0.384. The van der Waals surface area contributed by atoms with Crippen molar-refractivity contribution in [1.29, 1.82) is 0 Å². The van der Waals surface area contributed by atoms with E-state index in [2.05, 4.69) is 10.6 Å². The van der Waals surface area contributed by atoms with Crippen molar-refractivity contribution in [2.45, 2.75) is 6.92 Å². The molecular formula is C12H15N3O3. The third-order valence-corrected chi connectivity index (χ3v) is 2.16. The van der Waals surface area contributed by atoms with Gasteiger partial charge in [0.25, 0.3) is 5.69 Å². The van der Waals surface area contributed by atoms with Gasteiger partial charge in [0.15, 0.2) is 0 Å². The van der Waals surface area contributed by atoms with Crippen molar-refractivity contribution < 1.29 is 9.72 Å². The topological polar surface area (TPSA) is 84.3 Å². The zero-order valence-corrected chi connectivity index (χ0v) is 10.1. The number of amides is 1. The molecule has 0 unspecified atom stereocenters. The fourth-order valence-electron chi connectivity index (χ4n) is 1.38. The van der Waals surface area contributed by atoms with Crippen LogP contribution >= 0.6 is 0 Å². The number of benzene rings is 1. The van der Waals surface area contributed by atoms with Gasteiger partial charge in [-0.05, 0) is 19.1 Å². The van der Waals surface area contributed by atoms with Crippen molar-refractivity contribution in [2.24, 2.45) is 0 Å². The monoisotopic (exact) mass is 249 g/mol. The number of para-hydroxylation sites is 2. The van der Waals surface area contributed by atoms with Crippen molar-refractivity contribution in [2.75, 3.05) is 18.4 Å². The summed E-state index contributed by atoms with van der Waals surface area (Å²) in [4.78, 5) is 21.4. The Kier molecular flexibility index (Phi) is 5.37. The van der Waals surface area contributed by atoms with Gasteiger partial charge in [-0.3, -0.25) is 14.9 Å². The minimum atomic E-state index is -0.444. The van der Waals surface area contributed by atoms with Crippen molar-refractivity contribution >= 4 is 17.3 Å². The number of nitro groups is 1. The zero-order chi connectivity index (χ0) is 13.4. The summed E-state index contributed by atoms with van der Waals surface area (Å²) in [6.45, 7) is 2.58. The van der Waals surface area contributed by atoms with Crippen LogP contribution in [0.5, 0.6) is 0 Å². The number of rotatable bonds is 6. The van der Waals surface area contributed by atoms with E-state index in [0.717, 1.165) is 0 Å². The maximum Gasteiger partial charge on any atom is 0.292 e. The van der Waals surface area contributed by atoms with E-state index in [-0.39, 0.29) is 11.6 Å². The Balaban J connectivity index is 2.44. The van der Waals surface area contributed by atoms with E-state index in [1.54, 1.807) is 31.2 Å². The molecule has 18 heavy (non-hydrogen) atoms. The molecule has 96 valence electrons. The van der Waals surface area contributed by atoms with Crippen LogP contribution in [0, 0.1) is 10.1 Å². The molecule has 0 aliphatic heterocycles. The van der Waals surface area contributed by atoms with Crippen LogP contribution in [0.1, 0.15) is 6.92 Å². The van der Waals surface area contributed by atoms with Crippen LogP contribution in [-0.4, -0.2) is 23.9 Å². The summed E-state index contributed by atoms with van der Waals surface area (Å²) >= 11 is 0. The standard InChI is InChI=1S/C12H15N3O3/c1-2-5-12(16)14-9-8-13-10-6-3-4-7-11(10)15(17)18/h2-7,13H,8-9H2,1H3,(H,14,16)/b5-2+. The highest BCUT2D eigenvalue weighted by atomic mass is 16.6. The lowest BCUT2D eigenvalue weighted by Crippen LogP contribution is -2.27. The molecule has 0 aliphatic carbocycles. The number of carbonyl (C=O) groups excluding carboxylic acids is 1. The Morgan fingerprint density at radius 1 is 1.39 bits per heavy atom. The summed E-state index contributed by atoms with van der Waals surface area (Å²) < 4.78 is 0. The first-order valence-electron chi connectivity index (χ1n) is 5.53. The third kappa shape index (κ3) is 4.25. The molecule has 6 heteroatoms.